The predicted molar refractivity (Wildman–Crippen MR) is 67.8 cm³/mol. The van der Waals surface area contributed by atoms with Crippen molar-refractivity contribution < 1.29 is 14.3 Å². The van der Waals surface area contributed by atoms with Gasteiger partial charge in [0.2, 0.25) is 5.91 Å². The third kappa shape index (κ3) is 4.97. The van der Waals surface area contributed by atoms with Crippen LogP contribution in [0.4, 0.5) is 0 Å². The normalized spacial score (nSPS) is 11.7. The molecule has 0 aliphatic carbocycles. The second-order valence-corrected chi connectivity index (χ2v) is 3.89. The van der Waals surface area contributed by atoms with E-state index in [0.29, 0.717) is 13.1 Å². The minimum absolute atomic E-state index is 0.257. The molecule has 0 heterocycles. The maximum Gasteiger partial charge on any atom is 0.329 e. The standard InChI is InChI=1S/C13H18N2O3/c1-10(16)15-12(13(17)18-2)9-14-8-11-6-4-3-5-7-11/h3-7,12,14H,8-9H2,1-2H3,(H,15,16). The van der Waals surface area contributed by atoms with E-state index < -0.39 is 12.0 Å². The number of amides is 1. The van der Waals surface area contributed by atoms with Crippen LogP contribution < -0.4 is 10.6 Å². The topological polar surface area (TPSA) is 67.4 Å². The molecule has 1 aromatic rings. The van der Waals surface area contributed by atoms with Crippen LogP contribution in [0.2, 0.25) is 0 Å². The van der Waals surface area contributed by atoms with Gasteiger partial charge in [0.05, 0.1) is 7.11 Å². The number of rotatable bonds is 6. The Bertz CT molecular complexity index is 392. The Labute approximate surface area is 107 Å². The second-order valence-electron chi connectivity index (χ2n) is 3.89. The van der Waals surface area contributed by atoms with Gasteiger partial charge in [-0.1, -0.05) is 30.3 Å². The summed E-state index contributed by atoms with van der Waals surface area (Å²) in [4.78, 5) is 22.4. The fourth-order valence-electron chi connectivity index (χ4n) is 1.54. The lowest BCUT2D eigenvalue weighted by Crippen LogP contribution is -2.46. The SMILES string of the molecule is COC(=O)C(CNCc1ccccc1)NC(C)=O. The van der Waals surface area contributed by atoms with Crippen molar-refractivity contribution in [3.05, 3.63) is 35.9 Å². The fourth-order valence-corrected chi connectivity index (χ4v) is 1.54. The Morgan fingerprint density at radius 1 is 1.28 bits per heavy atom. The molecule has 0 fully saturated rings. The zero-order valence-corrected chi connectivity index (χ0v) is 10.6. The van der Waals surface area contributed by atoms with E-state index in [9.17, 15) is 9.59 Å². The number of nitrogens with one attached hydrogen (secondary N) is 2. The minimum Gasteiger partial charge on any atom is -0.467 e. The monoisotopic (exact) mass is 250 g/mol. The third-order valence-corrected chi connectivity index (χ3v) is 2.38. The summed E-state index contributed by atoms with van der Waals surface area (Å²) in [5.74, 6) is -0.710. The Kier molecular flexibility index (Phi) is 5.87. The number of benzene rings is 1. The van der Waals surface area contributed by atoms with Crippen molar-refractivity contribution in [1.29, 1.82) is 0 Å². The van der Waals surface area contributed by atoms with Gasteiger partial charge >= 0.3 is 5.97 Å². The second kappa shape index (κ2) is 7.45. The van der Waals surface area contributed by atoms with Gasteiger partial charge in [-0.25, -0.2) is 4.79 Å². The molecule has 2 N–H and O–H groups in total. The van der Waals surface area contributed by atoms with E-state index >= 15 is 0 Å². The van der Waals surface area contributed by atoms with Crippen LogP contribution in [0.3, 0.4) is 0 Å². The molecule has 0 aromatic heterocycles. The van der Waals surface area contributed by atoms with Crippen LogP contribution >= 0.6 is 0 Å². The molecule has 1 amide bonds. The highest BCUT2D eigenvalue weighted by Gasteiger charge is 2.19. The summed E-state index contributed by atoms with van der Waals surface area (Å²) in [5.41, 5.74) is 1.11. The summed E-state index contributed by atoms with van der Waals surface area (Å²) in [5, 5.41) is 5.65. The molecule has 0 aliphatic heterocycles. The van der Waals surface area contributed by atoms with E-state index in [4.69, 9.17) is 0 Å². The number of hydrogen-bond donors (Lipinski definition) is 2. The van der Waals surface area contributed by atoms with Gasteiger partial charge < -0.3 is 15.4 Å². The van der Waals surface area contributed by atoms with Gasteiger partial charge in [0.15, 0.2) is 0 Å². The van der Waals surface area contributed by atoms with Crippen LogP contribution in [0.1, 0.15) is 12.5 Å². The van der Waals surface area contributed by atoms with E-state index in [1.54, 1.807) is 0 Å². The molecule has 0 radical (unpaired) electrons. The van der Waals surface area contributed by atoms with Gasteiger partial charge in [0, 0.05) is 20.0 Å². The van der Waals surface area contributed by atoms with E-state index in [1.807, 2.05) is 30.3 Å². The predicted octanol–water partition coefficient (Wildman–Crippen LogP) is 0.454. The lowest BCUT2D eigenvalue weighted by molar-refractivity contribution is -0.144. The van der Waals surface area contributed by atoms with Crippen molar-refractivity contribution in [3.63, 3.8) is 0 Å². The lowest BCUT2D eigenvalue weighted by Gasteiger charge is -2.16. The number of ether oxygens (including phenoxy) is 1. The van der Waals surface area contributed by atoms with Gasteiger partial charge in [0.25, 0.3) is 0 Å². The molecule has 0 saturated carbocycles. The Morgan fingerprint density at radius 2 is 1.94 bits per heavy atom. The van der Waals surface area contributed by atoms with Crippen LogP contribution in [0, 0.1) is 0 Å². The molecule has 5 heteroatoms. The van der Waals surface area contributed by atoms with E-state index in [2.05, 4.69) is 15.4 Å². The summed E-state index contributed by atoms with van der Waals surface area (Å²) >= 11 is 0. The lowest BCUT2D eigenvalue weighted by atomic mass is 10.2. The zero-order valence-electron chi connectivity index (χ0n) is 10.6. The van der Waals surface area contributed by atoms with Crippen LogP contribution in [0.15, 0.2) is 30.3 Å². The smallest absolute Gasteiger partial charge is 0.329 e. The number of hydrogen-bond acceptors (Lipinski definition) is 4. The summed E-state index contributed by atoms with van der Waals surface area (Å²) < 4.78 is 4.62. The van der Waals surface area contributed by atoms with Crippen molar-refractivity contribution >= 4 is 11.9 Å². The molecule has 1 rings (SSSR count). The van der Waals surface area contributed by atoms with E-state index in [0.717, 1.165) is 5.56 Å². The highest BCUT2D eigenvalue weighted by atomic mass is 16.5. The average molecular weight is 250 g/mol. The van der Waals surface area contributed by atoms with E-state index in [-0.39, 0.29) is 5.91 Å². The van der Waals surface area contributed by atoms with Gasteiger partial charge in [-0.05, 0) is 5.56 Å². The Hall–Kier alpha value is -1.88. The molecule has 0 aliphatic rings. The summed E-state index contributed by atoms with van der Waals surface area (Å²) in [7, 11) is 1.30. The number of carbonyl (C=O) groups excluding carboxylic acids is 2. The van der Waals surface area contributed by atoms with Gasteiger partial charge in [-0.3, -0.25) is 4.79 Å². The maximum absolute atomic E-state index is 11.4. The average Bonchev–Trinajstić information content (AvgIpc) is 2.37. The molecule has 0 bridgehead atoms. The van der Waals surface area contributed by atoms with Crippen LogP contribution in [-0.4, -0.2) is 31.6 Å². The highest BCUT2D eigenvalue weighted by Crippen LogP contribution is 1.97. The van der Waals surface area contributed by atoms with Gasteiger partial charge in [-0.15, -0.1) is 0 Å². The first kappa shape index (κ1) is 14.2. The molecular formula is C13H18N2O3. The van der Waals surface area contributed by atoms with Crippen molar-refractivity contribution in [1.82, 2.24) is 10.6 Å². The van der Waals surface area contributed by atoms with E-state index in [1.165, 1.54) is 14.0 Å². The van der Waals surface area contributed by atoms with Crippen molar-refractivity contribution in [2.75, 3.05) is 13.7 Å². The first-order chi connectivity index (χ1) is 8.63. The number of esters is 1. The molecule has 1 unspecified atom stereocenters. The molecule has 0 saturated heterocycles. The van der Waals surface area contributed by atoms with Crippen LogP contribution in [0.25, 0.3) is 0 Å². The molecule has 1 aromatic carbocycles. The molecule has 0 spiro atoms. The largest absolute Gasteiger partial charge is 0.467 e. The summed E-state index contributed by atoms with van der Waals surface area (Å²) in [6.07, 6.45) is 0. The first-order valence-corrected chi connectivity index (χ1v) is 5.73. The first-order valence-electron chi connectivity index (χ1n) is 5.73. The maximum atomic E-state index is 11.4. The molecular weight excluding hydrogens is 232 g/mol. The fraction of sp³-hybridized carbons (Fsp3) is 0.385. The molecule has 5 nitrogen and oxygen atoms in total. The van der Waals surface area contributed by atoms with Gasteiger partial charge in [-0.2, -0.15) is 0 Å². The minimum atomic E-state index is -0.656. The number of methoxy groups -OCH3 is 1. The molecule has 98 valence electrons. The summed E-state index contributed by atoms with van der Waals surface area (Å²) in [6.45, 7) is 2.34. The number of carbonyl (C=O) groups is 2. The highest BCUT2D eigenvalue weighted by molar-refractivity contribution is 5.83. The Morgan fingerprint density at radius 3 is 2.50 bits per heavy atom. The van der Waals surface area contributed by atoms with Crippen molar-refractivity contribution in [2.45, 2.75) is 19.5 Å². The third-order valence-electron chi connectivity index (χ3n) is 2.38. The zero-order chi connectivity index (χ0) is 13.4. The summed E-state index contributed by atoms with van der Waals surface area (Å²) in [6, 6.07) is 9.15. The quantitative estimate of drug-likeness (QED) is 0.720. The molecule has 1 atom stereocenters. The molecule has 18 heavy (non-hydrogen) atoms. The van der Waals surface area contributed by atoms with Crippen LogP contribution in [0.5, 0.6) is 0 Å². The van der Waals surface area contributed by atoms with Gasteiger partial charge in [0.1, 0.15) is 6.04 Å². The van der Waals surface area contributed by atoms with Crippen molar-refractivity contribution in [2.24, 2.45) is 0 Å². The van der Waals surface area contributed by atoms with Crippen LogP contribution in [-0.2, 0) is 20.9 Å². The Balaban J connectivity index is 2.42. The van der Waals surface area contributed by atoms with Crippen molar-refractivity contribution in [3.8, 4) is 0 Å².